The Kier molecular flexibility index (Phi) is 5.64. The Morgan fingerprint density at radius 1 is 1.06 bits per heavy atom. The van der Waals surface area contributed by atoms with E-state index in [1.165, 1.54) is 4.90 Å². The number of carbonyl (C=O) groups is 1. The first kappa shape index (κ1) is 20.5. The van der Waals surface area contributed by atoms with Crippen molar-refractivity contribution < 1.29 is 10.6 Å². The number of anilines is 2. The van der Waals surface area contributed by atoms with Gasteiger partial charge in [-0.25, -0.2) is 4.98 Å². The molecule has 158 valence electrons. The molecule has 0 saturated carbocycles. The van der Waals surface area contributed by atoms with E-state index in [9.17, 15) is 4.79 Å². The number of carbonyl (C=O) groups excluding carboxylic acids is 1. The zero-order valence-electron chi connectivity index (χ0n) is 17.1. The molecule has 0 fully saturated rings. The molecule has 8 nitrogen and oxygen atoms in total. The summed E-state index contributed by atoms with van der Waals surface area (Å²) < 4.78 is 5.73. The summed E-state index contributed by atoms with van der Waals surface area (Å²) in [6.07, 6.45) is 1.67. The van der Waals surface area contributed by atoms with Gasteiger partial charge in [0.15, 0.2) is 0 Å². The Morgan fingerprint density at radius 2 is 1.77 bits per heavy atom. The molecule has 0 aliphatic carbocycles. The number of halogens is 1. The zero-order valence-corrected chi connectivity index (χ0v) is 17.9. The largest absolute Gasteiger partial charge is 0.401 e. The maximum Gasteiger partial charge on any atom is 0.320 e. The normalized spacial score (nSPS) is 10.7. The lowest BCUT2D eigenvalue weighted by Crippen LogP contribution is -2.21. The van der Waals surface area contributed by atoms with E-state index in [2.05, 4.69) is 25.5 Å². The number of hydrogen-bond donors (Lipinski definition) is 1. The molecule has 0 saturated heterocycles. The van der Waals surface area contributed by atoms with E-state index >= 15 is 0 Å². The summed E-state index contributed by atoms with van der Waals surface area (Å²) in [5, 5.41) is 11.8. The monoisotopic (exact) mass is 436 g/mol. The van der Waals surface area contributed by atoms with Gasteiger partial charge < -0.3 is 14.6 Å². The van der Waals surface area contributed by atoms with Gasteiger partial charge in [-0.05, 0) is 43.3 Å². The fourth-order valence-electron chi connectivity index (χ4n) is 2.86. The molecule has 2 aromatic carbocycles. The van der Waals surface area contributed by atoms with Crippen molar-refractivity contribution in [3.8, 4) is 22.8 Å². The Labute approximate surface area is 185 Å². The summed E-state index contributed by atoms with van der Waals surface area (Å²) in [5.41, 5.74) is 3.97. The Bertz CT molecular complexity index is 1230. The van der Waals surface area contributed by atoms with Crippen molar-refractivity contribution in [3.05, 3.63) is 71.0 Å². The minimum absolute atomic E-state index is 0. The summed E-state index contributed by atoms with van der Waals surface area (Å²) in [5.74, 6) is 0.191. The first-order chi connectivity index (χ1) is 14.9. The molecule has 4 rings (SSSR count). The number of rotatable bonds is 5. The van der Waals surface area contributed by atoms with Crippen molar-refractivity contribution in [1.82, 2.24) is 25.1 Å². The van der Waals surface area contributed by atoms with Crippen LogP contribution in [0.15, 0.2) is 59.1 Å². The number of benzene rings is 2. The van der Waals surface area contributed by atoms with E-state index < -0.39 is 0 Å². The maximum atomic E-state index is 12.1. The predicted molar refractivity (Wildman–Crippen MR) is 120 cm³/mol. The van der Waals surface area contributed by atoms with E-state index in [0.29, 0.717) is 27.7 Å². The van der Waals surface area contributed by atoms with Gasteiger partial charge in [0.1, 0.15) is 5.69 Å². The van der Waals surface area contributed by atoms with Crippen LogP contribution in [0, 0.1) is 6.92 Å². The Morgan fingerprint density at radius 3 is 2.45 bits per heavy atom. The van der Waals surface area contributed by atoms with Crippen molar-refractivity contribution in [2.45, 2.75) is 6.92 Å². The van der Waals surface area contributed by atoms with Gasteiger partial charge in [0, 0.05) is 37.4 Å². The van der Waals surface area contributed by atoms with E-state index in [0.717, 1.165) is 11.3 Å². The Hall–Kier alpha value is -3.78. The fourth-order valence-corrected chi connectivity index (χ4v) is 2.98. The Balaban J connectivity index is 0.00000289. The average Bonchev–Trinajstić information content (AvgIpc) is 3.23. The fraction of sp³-hybridized carbons (Fsp3) is 0.136. The smallest absolute Gasteiger partial charge is 0.320 e. The molecule has 1 amide bonds. The van der Waals surface area contributed by atoms with Gasteiger partial charge in [-0.3, -0.25) is 9.78 Å². The summed E-state index contributed by atoms with van der Waals surface area (Å²) in [4.78, 5) is 22.7. The van der Waals surface area contributed by atoms with Gasteiger partial charge in [0.2, 0.25) is 0 Å². The lowest BCUT2D eigenvalue weighted by molar-refractivity contribution is 0.0827. The third-order valence-corrected chi connectivity index (χ3v) is 4.76. The summed E-state index contributed by atoms with van der Waals surface area (Å²) in [6.45, 7) is 1.82. The summed E-state index contributed by atoms with van der Waals surface area (Å²) >= 11 is 5.91. The molecule has 0 spiro atoms. The zero-order chi connectivity index (χ0) is 22.0. The second kappa shape index (κ2) is 8.53. The molecular weight excluding hydrogens is 416 g/mol. The summed E-state index contributed by atoms with van der Waals surface area (Å²) in [6, 6.07) is 14.6. The van der Waals surface area contributed by atoms with Gasteiger partial charge in [0.05, 0.1) is 17.6 Å². The first-order valence-corrected chi connectivity index (χ1v) is 9.80. The van der Waals surface area contributed by atoms with Crippen LogP contribution in [0.1, 0.15) is 17.5 Å². The average molecular weight is 437 g/mol. The molecule has 2 heterocycles. The van der Waals surface area contributed by atoms with Gasteiger partial charge in [-0.2, -0.15) is 0 Å². The molecule has 0 unspecified atom stereocenters. The molecule has 0 radical (unpaired) electrons. The highest BCUT2D eigenvalue weighted by Gasteiger charge is 2.16. The molecule has 2 aromatic heterocycles. The van der Waals surface area contributed by atoms with Crippen LogP contribution in [0.3, 0.4) is 0 Å². The second-order valence-electron chi connectivity index (χ2n) is 7.01. The number of aromatic nitrogens is 4. The van der Waals surface area contributed by atoms with Crippen LogP contribution in [0.2, 0.25) is 5.02 Å². The van der Waals surface area contributed by atoms with Crippen LogP contribution in [-0.2, 0) is 0 Å². The molecule has 1 N–H and O–H groups in total. The molecule has 9 heteroatoms. The highest BCUT2D eigenvalue weighted by molar-refractivity contribution is 6.30. The van der Waals surface area contributed by atoms with Crippen molar-refractivity contribution in [2.24, 2.45) is 0 Å². The van der Waals surface area contributed by atoms with E-state index in [-0.39, 0.29) is 19.2 Å². The molecule has 0 aliphatic rings. The molecular formula is C22H21ClN6O2. The van der Waals surface area contributed by atoms with Crippen molar-refractivity contribution in [3.63, 3.8) is 0 Å². The topological polar surface area (TPSA) is 97.0 Å². The number of nitrogens with zero attached hydrogens (tertiary/aromatic N) is 5. The van der Waals surface area contributed by atoms with Crippen LogP contribution >= 0.6 is 11.6 Å². The van der Waals surface area contributed by atoms with E-state index in [1.807, 2.05) is 31.2 Å². The number of aryl methyl sites for hydroxylation is 1. The molecule has 31 heavy (non-hydrogen) atoms. The third-order valence-electron chi connectivity index (χ3n) is 4.51. The highest BCUT2D eigenvalue weighted by Crippen LogP contribution is 2.26. The molecule has 4 aromatic rings. The number of amides is 1. The lowest BCUT2D eigenvalue weighted by Gasteiger charge is -2.10. The molecule has 0 atom stereocenters. The van der Waals surface area contributed by atoms with Crippen molar-refractivity contribution in [1.29, 1.82) is 0 Å². The molecule has 0 aliphatic heterocycles. The van der Waals surface area contributed by atoms with E-state index in [4.69, 9.17) is 16.0 Å². The maximum absolute atomic E-state index is 12.1. The SMILES string of the molecule is Cc1ncc(-c2ccc(C(=O)N(C)C)cc2)nc1-c1nnc(Nc2ccc(Cl)cc2)o1.[HH]. The van der Waals surface area contributed by atoms with Gasteiger partial charge >= 0.3 is 6.01 Å². The number of nitrogens with one attached hydrogen (secondary N) is 1. The second-order valence-corrected chi connectivity index (χ2v) is 7.45. The van der Waals surface area contributed by atoms with Crippen LogP contribution in [0.5, 0.6) is 0 Å². The lowest BCUT2D eigenvalue weighted by atomic mass is 10.1. The van der Waals surface area contributed by atoms with Crippen molar-refractivity contribution >= 4 is 29.2 Å². The summed E-state index contributed by atoms with van der Waals surface area (Å²) in [7, 11) is 3.43. The standard InChI is InChI=1S/C22H19ClN6O2.H2/c1-13-19(20-27-28-22(31-20)25-17-10-8-16(23)9-11-17)26-18(12-24-13)14-4-6-15(7-5-14)21(30)29(2)3;/h4-12H,1-3H3,(H,25,28);1H. The number of hydrogen-bond acceptors (Lipinski definition) is 7. The van der Waals surface area contributed by atoms with Crippen LogP contribution < -0.4 is 5.32 Å². The molecule has 0 bridgehead atoms. The van der Waals surface area contributed by atoms with Gasteiger partial charge in [0.25, 0.3) is 11.8 Å². The van der Waals surface area contributed by atoms with Crippen LogP contribution in [0.4, 0.5) is 11.7 Å². The minimum Gasteiger partial charge on any atom is -0.401 e. The van der Waals surface area contributed by atoms with Gasteiger partial charge in [-0.1, -0.05) is 28.8 Å². The van der Waals surface area contributed by atoms with Crippen LogP contribution in [-0.4, -0.2) is 45.1 Å². The predicted octanol–water partition coefficient (Wildman–Crippen LogP) is 4.85. The van der Waals surface area contributed by atoms with E-state index in [1.54, 1.807) is 44.6 Å². The van der Waals surface area contributed by atoms with Gasteiger partial charge in [-0.15, -0.1) is 5.10 Å². The third kappa shape index (κ3) is 4.54. The van der Waals surface area contributed by atoms with Crippen LogP contribution in [0.25, 0.3) is 22.8 Å². The minimum atomic E-state index is -0.0613. The quantitative estimate of drug-likeness (QED) is 0.477. The highest BCUT2D eigenvalue weighted by atomic mass is 35.5. The van der Waals surface area contributed by atoms with Crippen molar-refractivity contribution in [2.75, 3.05) is 19.4 Å². The first-order valence-electron chi connectivity index (χ1n) is 9.43.